The number of nitriles is 1. The summed E-state index contributed by atoms with van der Waals surface area (Å²) in [5.41, 5.74) is 2.14. The molecule has 1 aromatic carbocycles. The van der Waals surface area contributed by atoms with Gasteiger partial charge in [-0.25, -0.2) is 4.98 Å². The quantitative estimate of drug-likeness (QED) is 0.727. The van der Waals surface area contributed by atoms with Gasteiger partial charge in [-0.2, -0.15) is 5.26 Å². The number of aromatic nitrogens is 2. The Morgan fingerprint density at radius 1 is 1.05 bits per heavy atom. The third-order valence-electron chi connectivity index (χ3n) is 2.93. The summed E-state index contributed by atoms with van der Waals surface area (Å²) >= 11 is 0. The molecule has 0 N–H and O–H groups in total. The van der Waals surface area contributed by atoms with Gasteiger partial charge in [0.1, 0.15) is 29.6 Å². The van der Waals surface area contributed by atoms with Gasteiger partial charge in [0.25, 0.3) is 0 Å². The minimum atomic E-state index is 0.382. The highest BCUT2D eigenvalue weighted by Crippen LogP contribution is 2.23. The Labute approximate surface area is 116 Å². The molecule has 4 nitrogen and oxygen atoms in total. The average molecular weight is 261 g/mol. The zero-order valence-corrected chi connectivity index (χ0v) is 10.7. The maximum atomic E-state index is 8.83. The molecule has 0 radical (unpaired) electrons. The maximum absolute atomic E-state index is 8.83. The molecule has 0 aliphatic carbocycles. The fourth-order valence-corrected chi connectivity index (χ4v) is 1.98. The van der Waals surface area contributed by atoms with Crippen LogP contribution in [0.2, 0.25) is 0 Å². The van der Waals surface area contributed by atoms with Crippen molar-refractivity contribution in [2.24, 2.45) is 0 Å². The number of benzene rings is 1. The fourth-order valence-electron chi connectivity index (χ4n) is 1.98. The van der Waals surface area contributed by atoms with Crippen molar-refractivity contribution in [1.82, 2.24) is 9.97 Å². The topological polar surface area (TPSA) is 58.8 Å². The SMILES string of the molecule is N#Cc1cc(COc2cccc3cccnc23)ccn1. The molecule has 0 unspecified atom stereocenters. The minimum absolute atomic E-state index is 0.382. The lowest BCUT2D eigenvalue weighted by molar-refractivity contribution is 0.309. The molecule has 0 aliphatic heterocycles. The fraction of sp³-hybridized carbons (Fsp3) is 0.0625. The predicted octanol–water partition coefficient (Wildman–Crippen LogP) is 3.08. The molecule has 2 aromatic heterocycles. The number of rotatable bonds is 3. The Morgan fingerprint density at radius 3 is 2.85 bits per heavy atom. The van der Waals surface area contributed by atoms with E-state index in [0.29, 0.717) is 12.3 Å². The van der Waals surface area contributed by atoms with Crippen LogP contribution in [0.3, 0.4) is 0 Å². The van der Waals surface area contributed by atoms with E-state index in [1.54, 1.807) is 18.5 Å². The summed E-state index contributed by atoms with van der Waals surface area (Å²) in [7, 11) is 0. The van der Waals surface area contributed by atoms with Crippen LogP contribution in [0.5, 0.6) is 5.75 Å². The monoisotopic (exact) mass is 261 g/mol. The van der Waals surface area contributed by atoms with Gasteiger partial charge in [-0.3, -0.25) is 4.98 Å². The summed E-state index contributed by atoms with van der Waals surface area (Å²) in [4.78, 5) is 8.27. The first-order valence-electron chi connectivity index (χ1n) is 6.18. The highest BCUT2D eigenvalue weighted by atomic mass is 16.5. The number of pyridine rings is 2. The van der Waals surface area contributed by atoms with Crippen LogP contribution in [0, 0.1) is 11.3 Å². The summed E-state index contributed by atoms with van der Waals surface area (Å²) in [6, 6.07) is 15.3. The van der Waals surface area contributed by atoms with Gasteiger partial charge >= 0.3 is 0 Å². The van der Waals surface area contributed by atoms with Crippen LogP contribution in [-0.4, -0.2) is 9.97 Å². The maximum Gasteiger partial charge on any atom is 0.146 e. The predicted molar refractivity (Wildman–Crippen MR) is 75.0 cm³/mol. The molecule has 0 saturated heterocycles. The number of hydrogen-bond donors (Lipinski definition) is 0. The van der Waals surface area contributed by atoms with E-state index in [1.807, 2.05) is 42.5 Å². The highest BCUT2D eigenvalue weighted by Gasteiger charge is 2.03. The lowest BCUT2D eigenvalue weighted by atomic mass is 10.2. The molecular weight excluding hydrogens is 250 g/mol. The van der Waals surface area contributed by atoms with E-state index in [1.165, 1.54) is 0 Å². The molecule has 3 rings (SSSR count). The van der Waals surface area contributed by atoms with Gasteiger partial charge in [-0.1, -0.05) is 18.2 Å². The zero-order valence-electron chi connectivity index (χ0n) is 10.7. The Morgan fingerprint density at radius 2 is 1.95 bits per heavy atom. The number of para-hydroxylation sites is 1. The average Bonchev–Trinajstić information content (AvgIpc) is 2.53. The van der Waals surface area contributed by atoms with Gasteiger partial charge in [0.05, 0.1) is 0 Å². The van der Waals surface area contributed by atoms with Crippen molar-refractivity contribution in [3.63, 3.8) is 0 Å². The van der Waals surface area contributed by atoms with E-state index in [2.05, 4.69) is 9.97 Å². The normalized spacial score (nSPS) is 10.2. The van der Waals surface area contributed by atoms with Gasteiger partial charge in [0, 0.05) is 17.8 Å². The largest absolute Gasteiger partial charge is 0.487 e. The second kappa shape index (κ2) is 5.37. The van der Waals surface area contributed by atoms with Gasteiger partial charge < -0.3 is 4.74 Å². The third-order valence-corrected chi connectivity index (χ3v) is 2.93. The van der Waals surface area contributed by atoms with E-state index in [9.17, 15) is 0 Å². The number of nitrogens with zero attached hydrogens (tertiary/aromatic N) is 3. The van der Waals surface area contributed by atoms with Gasteiger partial charge in [0.2, 0.25) is 0 Å². The van der Waals surface area contributed by atoms with Crippen molar-refractivity contribution in [2.75, 3.05) is 0 Å². The first kappa shape index (κ1) is 12.1. The molecule has 0 spiro atoms. The van der Waals surface area contributed by atoms with Crippen LogP contribution in [0.15, 0.2) is 54.9 Å². The Hall–Kier alpha value is -2.93. The Bertz CT molecular complexity index is 788. The van der Waals surface area contributed by atoms with Crippen molar-refractivity contribution >= 4 is 10.9 Å². The molecule has 0 fully saturated rings. The lowest BCUT2D eigenvalue weighted by Gasteiger charge is -2.08. The smallest absolute Gasteiger partial charge is 0.146 e. The van der Waals surface area contributed by atoms with Crippen molar-refractivity contribution in [1.29, 1.82) is 5.26 Å². The number of hydrogen-bond acceptors (Lipinski definition) is 4. The van der Waals surface area contributed by atoms with Gasteiger partial charge in [-0.05, 0) is 29.8 Å². The molecule has 3 aromatic rings. The van der Waals surface area contributed by atoms with Gasteiger partial charge in [-0.15, -0.1) is 0 Å². The highest BCUT2D eigenvalue weighted by molar-refractivity contribution is 5.84. The first-order valence-corrected chi connectivity index (χ1v) is 6.18. The lowest BCUT2D eigenvalue weighted by Crippen LogP contribution is -1.98. The summed E-state index contributed by atoms with van der Waals surface area (Å²) < 4.78 is 5.81. The van der Waals surface area contributed by atoms with Gasteiger partial charge in [0.15, 0.2) is 0 Å². The molecular formula is C16H11N3O. The van der Waals surface area contributed by atoms with E-state index in [4.69, 9.17) is 10.00 Å². The van der Waals surface area contributed by atoms with E-state index < -0.39 is 0 Å². The van der Waals surface area contributed by atoms with Crippen LogP contribution in [0.25, 0.3) is 10.9 Å². The van der Waals surface area contributed by atoms with Crippen LogP contribution in [0.4, 0.5) is 0 Å². The van der Waals surface area contributed by atoms with Crippen molar-refractivity contribution < 1.29 is 4.74 Å². The summed E-state index contributed by atoms with van der Waals surface area (Å²) in [5, 5.41) is 9.86. The van der Waals surface area contributed by atoms with Crippen molar-refractivity contribution in [3.05, 3.63) is 66.1 Å². The van der Waals surface area contributed by atoms with E-state index in [0.717, 1.165) is 22.2 Å². The molecule has 4 heteroatoms. The second-order valence-electron chi connectivity index (χ2n) is 4.28. The van der Waals surface area contributed by atoms with E-state index in [-0.39, 0.29) is 0 Å². The molecule has 0 atom stereocenters. The van der Waals surface area contributed by atoms with Crippen LogP contribution in [0.1, 0.15) is 11.3 Å². The van der Waals surface area contributed by atoms with Crippen molar-refractivity contribution in [2.45, 2.75) is 6.61 Å². The van der Waals surface area contributed by atoms with E-state index >= 15 is 0 Å². The van der Waals surface area contributed by atoms with Crippen molar-refractivity contribution in [3.8, 4) is 11.8 Å². The number of ether oxygens (including phenoxy) is 1. The van der Waals surface area contributed by atoms with Crippen LogP contribution >= 0.6 is 0 Å². The second-order valence-corrected chi connectivity index (χ2v) is 4.28. The zero-order chi connectivity index (χ0) is 13.8. The third kappa shape index (κ3) is 2.43. The molecule has 96 valence electrons. The molecule has 2 heterocycles. The first-order chi connectivity index (χ1) is 9.86. The molecule has 0 amide bonds. The summed E-state index contributed by atoms with van der Waals surface area (Å²) in [6.45, 7) is 0.382. The van der Waals surface area contributed by atoms with Crippen LogP contribution in [-0.2, 0) is 6.61 Å². The molecule has 0 aliphatic rings. The number of fused-ring (bicyclic) bond motifs is 1. The standard InChI is InChI=1S/C16H11N3O/c17-10-14-9-12(6-8-18-14)11-20-15-5-1-3-13-4-2-7-19-16(13)15/h1-9H,11H2. The molecule has 0 bridgehead atoms. The molecule has 0 saturated carbocycles. The minimum Gasteiger partial charge on any atom is -0.487 e. The Kier molecular flexibility index (Phi) is 3.25. The van der Waals surface area contributed by atoms with Crippen LogP contribution < -0.4 is 4.74 Å². The Balaban J connectivity index is 1.85. The molecule has 20 heavy (non-hydrogen) atoms. The summed E-state index contributed by atoms with van der Waals surface area (Å²) in [5.74, 6) is 0.735. The summed E-state index contributed by atoms with van der Waals surface area (Å²) in [6.07, 6.45) is 3.36.